The summed E-state index contributed by atoms with van der Waals surface area (Å²) in [5.74, 6) is 0.809. The van der Waals surface area contributed by atoms with Crippen molar-refractivity contribution in [3.05, 3.63) is 41.6 Å². The van der Waals surface area contributed by atoms with E-state index >= 15 is 0 Å². The van der Waals surface area contributed by atoms with Gasteiger partial charge in [-0.2, -0.15) is 5.10 Å². The van der Waals surface area contributed by atoms with Gasteiger partial charge >= 0.3 is 0 Å². The summed E-state index contributed by atoms with van der Waals surface area (Å²) >= 11 is 0. The molecule has 1 aliphatic rings. The predicted molar refractivity (Wildman–Crippen MR) is 101 cm³/mol. The van der Waals surface area contributed by atoms with E-state index in [0.29, 0.717) is 37.5 Å². The summed E-state index contributed by atoms with van der Waals surface area (Å²) in [7, 11) is -3.15. The first-order valence-corrected chi connectivity index (χ1v) is 10.9. The van der Waals surface area contributed by atoms with E-state index in [4.69, 9.17) is 4.42 Å². The van der Waals surface area contributed by atoms with Crippen LogP contribution < -0.4 is 5.32 Å². The molecule has 3 heterocycles. The highest BCUT2D eigenvalue weighted by molar-refractivity contribution is 7.89. The molecule has 1 amide bonds. The van der Waals surface area contributed by atoms with Gasteiger partial charge in [0.05, 0.1) is 18.6 Å². The van der Waals surface area contributed by atoms with Gasteiger partial charge in [-0.3, -0.25) is 9.89 Å². The molecule has 2 aromatic heterocycles. The SMILES string of the molecule is CCCCS(=O)(=O)N1CCC(c2cc(C(=O)NCc3ccco3)n[nH]2)CC1. The van der Waals surface area contributed by atoms with Crippen LogP contribution in [0.25, 0.3) is 0 Å². The molecule has 0 atom stereocenters. The quantitative estimate of drug-likeness (QED) is 0.714. The van der Waals surface area contributed by atoms with E-state index in [2.05, 4.69) is 15.5 Å². The third-order valence-corrected chi connectivity index (χ3v) is 6.83. The number of carbonyl (C=O) groups is 1. The molecule has 0 spiro atoms. The lowest BCUT2D eigenvalue weighted by Gasteiger charge is -2.30. The normalized spacial score (nSPS) is 16.5. The van der Waals surface area contributed by atoms with E-state index in [-0.39, 0.29) is 17.6 Å². The van der Waals surface area contributed by atoms with Crippen molar-refractivity contribution in [3.8, 4) is 0 Å². The molecule has 9 heteroatoms. The number of aromatic amines is 1. The Balaban J connectivity index is 1.52. The largest absolute Gasteiger partial charge is 0.467 e. The number of amides is 1. The third kappa shape index (κ3) is 4.98. The Morgan fingerprint density at radius 1 is 1.41 bits per heavy atom. The summed E-state index contributed by atoms with van der Waals surface area (Å²) in [5, 5.41) is 9.80. The van der Waals surface area contributed by atoms with Crippen LogP contribution in [-0.2, 0) is 16.6 Å². The fraction of sp³-hybridized carbons (Fsp3) is 0.556. The van der Waals surface area contributed by atoms with Gasteiger partial charge in [0.1, 0.15) is 11.5 Å². The zero-order valence-corrected chi connectivity index (χ0v) is 16.3. The van der Waals surface area contributed by atoms with Gasteiger partial charge in [0.25, 0.3) is 5.91 Å². The molecule has 0 radical (unpaired) electrons. The number of aromatic nitrogens is 2. The number of piperidine rings is 1. The van der Waals surface area contributed by atoms with Gasteiger partial charge in [0, 0.05) is 24.7 Å². The molecule has 1 saturated heterocycles. The highest BCUT2D eigenvalue weighted by Gasteiger charge is 2.29. The number of rotatable bonds is 8. The zero-order chi connectivity index (χ0) is 19.3. The van der Waals surface area contributed by atoms with Crippen molar-refractivity contribution in [1.82, 2.24) is 19.8 Å². The van der Waals surface area contributed by atoms with Gasteiger partial charge in [0.15, 0.2) is 0 Å². The summed E-state index contributed by atoms with van der Waals surface area (Å²) in [6.45, 7) is 3.32. The fourth-order valence-corrected chi connectivity index (χ4v) is 4.91. The van der Waals surface area contributed by atoms with Crippen molar-refractivity contribution in [1.29, 1.82) is 0 Å². The fourth-order valence-electron chi connectivity index (χ4n) is 3.23. The van der Waals surface area contributed by atoms with Crippen molar-refractivity contribution in [2.75, 3.05) is 18.8 Å². The molecule has 8 nitrogen and oxygen atoms in total. The van der Waals surface area contributed by atoms with Crippen LogP contribution in [0.1, 0.15) is 60.5 Å². The van der Waals surface area contributed by atoms with Crippen LogP contribution in [0.2, 0.25) is 0 Å². The first kappa shape index (κ1) is 19.6. The predicted octanol–water partition coefficient (Wildman–Crippen LogP) is 2.24. The molecule has 0 aliphatic carbocycles. The number of hydrogen-bond acceptors (Lipinski definition) is 5. The van der Waals surface area contributed by atoms with Crippen LogP contribution in [0, 0.1) is 0 Å². The lowest BCUT2D eigenvalue weighted by atomic mass is 9.94. The standard InChI is InChI=1S/C18H26N4O4S/c1-2-3-11-27(24,25)22-8-6-14(7-9-22)16-12-17(21-20-16)18(23)19-13-15-5-4-10-26-15/h4-5,10,12,14H,2-3,6-9,11,13H2,1H3,(H,19,23)(H,20,21). The van der Waals surface area contributed by atoms with Crippen LogP contribution in [0.5, 0.6) is 0 Å². The number of nitrogens with one attached hydrogen (secondary N) is 2. The molecule has 0 aromatic carbocycles. The van der Waals surface area contributed by atoms with Gasteiger partial charge in [-0.15, -0.1) is 0 Å². The molecule has 2 aromatic rings. The molecule has 0 saturated carbocycles. The first-order valence-electron chi connectivity index (χ1n) is 9.33. The van der Waals surface area contributed by atoms with Gasteiger partial charge in [-0.1, -0.05) is 13.3 Å². The zero-order valence-electron chi connectivity index (χ0n) is 15.5. The number of hydrogen-bond donors (Lipinski definition) is 2. The summed E-state index contributed by atoms with van der Waals surface area (Å²) < 4.78 is 31.4. The molecule has 2 N–H and O–H groups in total. The molecule has 0 unspecified atom stereocenters. The van der Waals surface area contributed by atoms with E-state index < -0.39 is 10.0 Å². The molecule has 3 rings (SSSR count). The summed E-state index contributed by atoms with van der Waals surface area (Å²) in [4.78, 5) is 12.2. The van der Waals surface area contributed by atoms with Gasteiger partial charge in [-0.25, -0.2) is 12.7 Å². The van der Waals surface area contributed by atoms with Crippen LogP contribution in [0.15, 0.2) is 28.9 Å². The molecule has 27 heavy (non-hydrogen) atoms. The number of carbonyl (C=O) groups excluding carboxylic acids is 1. The van der Waals surface area contributed by atoms with E-state index in [0.717, 1.165) is 25.0 Å². The first-order chi connectivity index (χ1) is 13.0. The monoisotopic (exact) mass is 394 g/mol. The van der Waals surface area contributed by atoms with Crippen molar-refractivity contribution in [3.63, 3.8) is 0 Å². The number of unbranched alkanes of at least 4 members (excludes halogenated alkanes) is 1. The topological polar surface area (TPSA) is 108 Å². The Labute approximate surface area is 159 Å². The Kier molecular flexibility index (Phi) is 6.33. The minimum Gasteiger partial charge on any atom is -0.467 e. The summed E-state index contributed by atoms with van der Waals surface area (Å²) in [5.41, 5.74) is 1.21. The smallest absolute Gasteiger partial charge is 0.272 e. The maximum atomic E-state index is 12.3. The average molecular weight is 394 g/mol. The van der Waals surface area contributed by atoms with Crippen molar-refractivity contribution >= 4 is 15.9 Å². The van der Waals surface area contributed by atoms with E-state index in [1.165, 1.54) is 0 Å². The summed E-state index contributed by atoms with van der Waals surface area (Å²) in [6, 6.07) is 5.31. The maximum absolute atomic E-state index is 12.3. The molecule has 1 aliphatic heterocycles. The number of nitrogens with zero attached hydrogens (tertiary/aromatic N) is 2. The van der Waals surface area contributed by atoms with Crippen molar-refractivity contribution < 1.29 is 17.6 Å². The minimum atomic E-state index is -3.15. The molecule has 0 bridgehead atoms. The second-order valence-corrected chi connectivity index (χ2v) is 8.90. The minimum absolute atomic E-state index is 0.182. The van der Waals surface area contributed by atoms with Crippen LogP contribution in [0.3, 0.4) is 0 Å². The van der Waals surface area contributed by atoms with Crippen LogP contribution in [0.4, 0.5) is 0 Å². The second-order valence-electron chi connectivity index (χ2n) is 6.81. The van der Waals surface area contributed by atoms with E-state index in [1.54, 1.807) is 28.8 Å². The van der Waals surface area contributed by atoms with Gasteiger partial charge < -0.3 is 9.73 Å². The highest BCUT2D eigenvalue weighted by atomic mass is 32.2. The lowest BCUT2D eigenvalue weighted by molar-refractivity contribution is 0.0943. The highest BCUT2D eigenvalue weighted by Crippen LogP contribution is 2.28. The Bertz CT molecular complexity index is 837. The number of furan rings is 1. The Hall–Kier alpha value is -2.13. The molecule has 148 valence electrons. The van der Waals surface area contributed by atoms with E-state index in [9.17, 15) is 13.2 Å². The van der Waals surface area contributed by atoms with E-state index in [1.807, 2.05) is 6.92 Å². The van der Waals surface area contributed by atoms with Crippen molar-refractivity contribution in [2.24, 2.45) is 0 Å². The second kappa shape index (κ2) is 8.71. The lowest BCUT2D eigenvalue weighted by Crippen LogP contribution is -2.39. The molecule has 1 fully saturated rings. The number of sulfonamides is 1. The Morgan fingerprint density at radius 3 is 2.85 bits per heavy atom. The van der Waals surface area contributed by atoms with Gasteiger partial charge in [-0.05, 0) is 37.5 Å². The Morgan fingerprint density at radius 2 is 2.19 bits per heavy atom. The molecular weight excluding hydrogens is 368 g/mol. The van der Waals surface area contributed by atoms with Gasteiger partial charge in [0.2, 0.25) is 10.0 Å². The summed E-state index contributed by atoms with van der Waals surface area (Å²) in [6.07, 6.45) is 4.57. The maximum Gasteiger partial charge on any atom is 0.272 e. The van der Waals surface area contributed by atoms with Crippen molar-refractivity contribution in [2.45, 2.75) is 45.1 Å². The average Bonchev–Trinajstić information content (AvgIpc) is 3.36. The number of H-pyrrole nitrogens is 1. The van der Waals surface area contributed by atoms with Crippen LogP contribution in [-0.4, -0.2) is 47.7 Å². The van der Waals surface area contributed by atoms with Crippen LogP contribution >= 0.6 is 0 Å². The third-order valence-electron chi connectivity index (χ3n) is 4.88. The molecular formula is C18H26N4O4S.